The molecule has 3 aliphatic rings. The van der Waals surface area contributed by atoms with Crippen LogP contribution in [0, 0.1) is 17.8 Å². The number of amides is 1. The maximum atomic E-state index is 12.7. The molecule has 2 bridgehead atoms. The van der Waals surface area contributed by atoms with E-state index in [1.165, 1.54) is 25.7 Å². The molecule has 2 N–H and O–H groups in total. The van der Waals surface area contributed by atoms with Crippen LogP contribution in [0.2, 0.25) is 0 Å². The number of hydrogen-bond acceptors (Lipinski definition) is 4. The Morgan fingerprint density at radius 3 is 2.56 bits per heavy atom. The third-order valence-electron chi connectivity index (χ3n) is 5.71. The Kier molecular flexibility index (Phi) is 4.24. The molecule has 3 atom stereocenters. The van der Waals surface area contributed by atoms with Crippen molar-refractivity contribution in [2.45, 2.75) is 49.5 Å². The molecule has 3 fully saturated rings. The summed E-state index contributed by atoms with van der Waals surface area (Å²) in [6.07, 6.45) is 6.21. The summed E-state index contributed by atoms with van der Waals surface area (Å²) in [4.78, 5) is 12.8. The van der Waals surface area contributed by atoms with Gasteiger partial charge in [-0.25, -0.2) is 13.1 Å². The maximum absolute atomic E-state index is 12.7. The Hall–Kier alpha value is -1.60. The molecular weight excluding hydrogens is 340 g/mol. The quantitative estimate of drug-likeness (QED) is 0.812. The molecule has 0 saturated heterocycles. The predicted molar refractivity (Wildman–Crippen MR) is 93.9 cm³/mol. The molecule has 0 aromatic heterocycles. The summed E-state index contributed by atoms with van der Waals surface area (Å²) in [6, 6.07) is 4.64. The number of carbonyl (C=O) groups excluding carboxylic acids is 1. The number of hydrogen-bond donors (Lipinski definition) is 2. The number of ether oxygens (including phenoxy) is 1. The van der Waals surface area contributed by atoms with Gasteiger partial charge in [-0.1, -0.05) is 6.42 Å². The monoisotopic (exact) mass is 364 g/mol. The van der Waals surface area contributed by atoms with Crippen LogP contribution in [0.25, 0.3) is 0 Å². The molecule has 7 heteroatoms. The number of fused-ring (bicyclic) bond motifs is 2. The van der Waals surface area contributed by atoms with E-state index in [-0.39, 0.29) is 22.8 Å². The van der Waals surface area contributed by atoms with Crippen LogP contribution in [0.1, 0.15) is 38.5 Å². The van der Waals surface area contributed by atoms with Crippen molar-refractivity contribution >= 4 is 21.6 Å². The van der Waals surface area contributed by atoms with Crippen LogP contribution in [-0.4, -0.2) is 27.5 Å². The summed E-state index contributed by atoms with van der Waals surface area (Å²) in [5, 5.41) is 2.91. The second-order valence-corrected chi connectivity index (χ2v) is 9.24. The van der Waals surface area contributed by atoms with E-state index >= 15 is 0 Å². The maximum Gasteiger partial charge on any atom is 0.240 e. The van der Waals surface area contributed by atoms with E-state index in [1.807, 2.05) is 0 Å². The van der Waals surface area contributed by atoms with Gasteiger partial charge in [0.1, 0.15) is 5.75 Å². The third kappa shape index (κ3) is 3.40. The minimum atomic E-state index is -3.56. The molecule has 3 unspecified atom stereocenters. The van der Waals surface area contributed by atoms with Crippen molar-refractivity contribution in [2.24, 2.45) is 17.8 Å². The van der Waals surface area contributed by atoms with Crippen LogP contribution in [0.4, 0.5) is 5.69 Å². The van der Waals surface area contributed by atoms with E-state index in [4.69, 9.17) is 4.74 Å². The third-order valence-corrected chi connectivity index (χ3v) is 7.23. The Labute approximate surface area is 148 Å². The van der Waals surface area contributed by atoms with Gasteiger partial charge in [0.2, 0.25) is 15.9 Å². The molecule has 0 spiro atoms. The minimum Gasteiger partial charge on any atom is -0.495 e. The zero-order chi connectivity index (χ0) is 17.6. The molecule has 0 heterocycles. The summed E-state index contributed by atoms with van der Waals surface area (Å²) in [7, 11) is -2.05. The van der Waals surface area contributed by atoms with Gasteiger partial charge in [0.15, 0.2) is 0 Å². The van der Waals surface area contributed by atoms with Gasteiger partial charge < -0.3 is 10.1 Å². The second kappa shape index (κ2) is 6.29. The molecule has 1 aromatic carbocycles. The first-order chi connectivity index (χ1) is 12.0. The van der Waals surface area contributed by atoms with Gasteiger partial charge in [0, 0.05) is 12.0 Å². The molecule has 3 saturated carbocycles. The van der Waals surface area contributed by atoms with Crippen molar-refractivity contribution in [1.29, 1.82) is 0 Å². The Bertz CT molecular complexity index is 788. The molecule has 6 nitrogen and oxygen atoms in total. The average molecular weight is 364 g/mol. The van der Waals surface area contributed by atoms with Crippen molar-refractivity contribution in [3.63, 3.8) is 0 Å². The molecule has 4 rings (SSSR count). The van der Waals surface area contributed by atoms with Crippen LogP contribution in [0.3, 0.4) is 0 Å². The van der Waals surface area contributed by atoms with Crippen LogP contribution in [0.15, 0.2) is 23.1 Å². The molecule has 1 amide bonds. The number of anilines is 1. The summed E-state index contributed by atoms with van der Waals surface area (Å²) < 4.78 is 32.8. The number of sulfonamides is 1. The average Bonchev–Trinajstić information content (AvgIpc) is 3.13. The summed E-state index contributed by atoms with van der Waals surface area (Å²) >= 11 is 0. The molecule has 25 heavy (non-hydrogen) atoms. The summed E-state index contributed by atoms with van der Waals surface area (Å²) in [5.41, 5.74) is 0.425. The fourth-order valence-corrected chi connectivity index (χ4v) is 5.56. The lowest BCUT2D eigenvalue weighted by molar-refractivity contribution is -0.121. The Morgan fingerprint density at radius 1 is 1.16 bits per heavy atom. The van der Waals surface area contributed by atoms with E-state index in [2.05, 4.69) is 10.0 Å². The normalized spacial score (nSPS) is 28.1. The smallest absolute Gasteiger partial charge is 0.240 e. The van der Waals surface area contributed by atoms with Crippen molar-refractivity contribution in [3.05, 3.63) is 18.2 Å². The zero-order valence-electron chi connectivity index (χ0n) is 14.3. The van der Waals surface area contributed by atoms with E-state index in [0.717, 1.165) is 32.1 Å². The highest BCUT2D eigenvalue weighted by Crippen LogP contribution is 2.48. The van der Waals surface area contributed by atoms with Crippen molar-refractivity contribution in [1.82, 2.24) is 4.72 Å². The van der Waals surface area contributed by atoms with Gasteiger partial charge in [-0.2, -0.15) is 0 Å². The fourth-order valence-electron chi connectivity index (χ4n) is 4.23. The molecule has 1 aromatic rings. The minimum absolute atomic E-state index is 0.0183. The van der Waals surface area contributed by atoms with E-state index in [0.29, 0.717) is 23.3 Å². The zero-order valence-corrected chi connectivity index (χ0v) is 15.1. The summed E-state index contributed by atoms with van der Waals surface area (Å²) in [5.74, 6) is 1.64. The number of methoxy groups -OCH3 is 1. The van der Waals surface area contributed by atoms with Crippen molar-refractivity contribution < 1.29 is 17.9 Å². The van der Waals surface area contributed by atoms with Crippen LogP contribution >= 0.6 is 0 Å². The van der Waals surface area contributed by atoms with E-state index < -0.39 is 10.0 Å². The highest BCUT2D eigenvalue weighted by molar-refractivity contribution is 7.89. The topological polar surface area (TPSA) is 84.5 Å². The largest absolute Gasteiger partial charge is 0.495 e. The summed E-state index contributed by atoms with van der Waals surface area (Å²) in [6.45, 7) is 0. The number of rotatable bonds is 6. The van der Waals surface area contributed by atoms with Gasteiger partial charge in [-0.3, -0.25) is 4.79 Å². The van der Waals surface area contributed by atoms with Gasteiger partial charge >= 0.3 is 0 Å². The van der Waals surface area contributed by atoms with Gasteiger partial charge in [-0.05, 0) is 62.1 Å². The SMILES string of the molecule is COc1ccc(S(=O)(=O)NC2CC2)cc1NC(=O)C1CC2CCC1C2. The van der Waals surface area contributed by atoms with E-state index in [1.54, 1.807) is 6.07 Å². The highest BCUT2D eigenvalue weighted by Gasteiger charge is 2.43. The fraction of sp³-hybridized carbons (Fsp3) is 0.611. The Morgan fingerprint density at radius 2 is 1.96 bits per heavy atom. The van der Waals surface area contributed by atoms with Gasteiger partial charge in [-0.15, -0.1) is 0 Å². The van der Waals surface area contributed by atoms with Crippen molar-refractivity contribution in [2.75, 3.05) is 12.4 Å². The number of carbonyl (C=O) groups is 1. The molecule has 0 radical (unpaired) electrons. The highest BCUT2D eigenvalue weighted by atomic mass is 32.2. The lowest BCUT2D eigenvalue weighted by Crippen LogP contribution is -2.28. The standard InChI is InChI=1S/C18H24N2O4S/c1-24-17-7-6-14(25(22,23)20-13-4-5-13)10-16(17)19-18(21)15-9-11-2-3-12(15)8-11/h6-7,10-13,15,20H,2-5,8-9H2,1H3,(H,19,21). The van der Waals surface area contributed by atoms with Crippen LogP contribution in [0.5, 0.6) is 5.75 Å². The first-order valence-corrected chi connectivity index (χ1v) is 10.5. The first kappa shape index (κ1) is 16.8. The molecule has 0 aliphatic heterocycles. The lowest BCUT2D eigenvalue weighted by Gasteiger charge is -2.21. The van der Waals surface area contributed by atoms with Crippen LogP contribution in [-0.2, 0) is 14.8 Å². The molecule has 3 aliphatic carbocycles. The first-order valence-electron chi connectivity index (χ1n) is 8.97. The second-order valence-electron chi connectivity index (χ2n) is 7.53. The molecular formula is C18H24N2O4S. The van der Waals surface area contributed by atoms with Crippen LogP contribution < -0.4 is 14.8 Å². The lowest BCUT2D eigenvalue weighted by atomic mass is 9.88. The predicted octanol–water partition coefficient (Wildman–Crippen LogP) is 2.51. The number of benzene rings is 1. The van der Waals surface area contributed by atoms with E-state index in [9.17, 15) is 13.2 Å². The Balaban J connectivity index is 1.55. The van der Waals surface area contributed by atoms with Gasteiger partial charge in [0.25, 0.3) is 0 Å². The number of nitrogens with one attached hydrogen (secondary N) is 2. The van der Waals surface area contributed by atoms with Gasteiger partial charge in [0.05, 0.1) is 17.7 Å². The van der Waals surface area contributed by atoms with Crippen molar-refractivity contribution in [3.8, 4) is 5.75 Å². The molecule has 136 valence electrons.